The maximum absolute atomic E-state index is 12.6. The minimum atomic E-state index is -1.39. The summed E-state index contributed by atoms with van der Waals surface area (Å²) in [5.41, 5.74) is 9.87. The largest absolute Gasteiger partial charge is 0.387 e. The Morgan fingerprint density at radius 1 is 0.826 bits per heavy atom. The number of rotatable bonds is 8. The summed E-state index contributed by atoms with van der Waals surface area (Å²) in [6, 6.07) is 32.8. The molecule has 2 aromatic heterocycles. The number of nitrogens with one attached hydrogen (secondary N) is 1. The Morgan fingerprint density at radius 2 is 1.50 bits per heavy atom. The number of nitrogens with two attached hydrogens (primary N) is 1. The van der Waals surface area contributed by atoms with Crippen LogP contribution in [-0.4, -0.2) is 64.9 Å². The molecular formula is C34H29N7O5. The molecule has 4 aromatic carbocycles. The summed E-state index contributed by atoms with van der Waals surface area (Å²) >= 11 is 0. The zero-order chi connectivity index (χ0) is 31.8. The van der Waals surface area contributed by atoms with Crippen molar-refractivity contribution in [1.82, 2.24) is 24.5 Å². The monoisotopic (exact) mass is 615 g/mol. The van der Waals surface area contributed by atoms with Gasteiger partial charge in [0.05, 0.1) is 17.6 Å². The van der Waals surface area contributed by atoms with E-state index in [1.165, 1.54) is 4.68 Å². The number of hydrogen-bond acceptors (Lipinski definition) is 8. The van der Waals surface area contributed by atoms with Crippen molar-refractivity contribution in [2.24, 2.45) is 5.73 Å². The zero-order valence-corrected chi connectivity index (χ0v) is 24.3. The molecule has 1 aliphatic rings. The van der Waals surface area contributed by atoms with Gasteiger partial charge in [-0.25, -0.2) is 9.67 Å². The zero-order valence-electron chi connectivity index (χ0n) is 24.3. The molecule has 2 amide bonds. The van der Waals surface area contributed by atoms with E-state index in [1.807, 2.05) is 53.1 Å². The van der Waals surface area contributed by atoms with Gasteiger partial charge in [0.15, 0.2) is 11.9 Å². The highest BCUT2D eigenvalue weighted by atomic mass is 16.6. The van der Waals surface area contributed by atoms with E-state index in [1.54, 1.807) is 60.7 Å². The standard InChI is InChI=1S/C34H29N7O5/c35-31(44)27-28(20-9-3-1-4-10-20)41(39-38-27)34-30(43)29(42)26(46-34)19-40-25-14-8-7-13-24(25)37-32(40)21-15-17-23(18-16-21)36-33(45)22-11-5-2-6-12-22/h1-18,26,29-30,34,42-43H,19H2,(H2,35,44)(H,36,45)/t26-,29-,30-,34-/m1/s1. The number of primary amides is 1. The molecular weight excluding hydrogens is 586 g/mol. The number of fused-ring (bicyclic) bond motifs is 1. The third-order valence-electron chi connectivity index (χ3n) is 8.01. The fraction of sp³-hybridized carbons (Fsp3) is 0.147. The maximum Gasteiger partial charge on any atom is 0.271 e. The number of para-hydroxylation sites is 2. The average molecular weight is 616 g/mol. The molecule has 7 rings (SSSR count). The number of anilines is 1. The number of hydrogen-bond donors (Lipinski definition) is 4. The highest BCUT2D eigenvalue weighted by molar-refractivity contribution is 6.04. The number of benzene rings is 4. The Morgan fingerprint density at radius 3 is 2.22 bits per heavy atom. The fourth-order valence-electron chi connectivity index (χ4n) is 5.74. The van der Waals surface area contributed by atoms with Gasteiger partial charge in [-0.05, 0) is 48.5 Å². The molecule has 0 saturated carbocycles. The predicted molar refractivity (Wildman–Crippen MR) is 169 cm³/mol. The summed E-state index contributed by atoms with van der Waals surface area (Å²) in [6.07, 6.45) is -4.73. The third-order valence-corrected chi connectivity index (χ3v) is 8.01. The van der Waals surface area contributed by atoms with Crippen LogP contribution in [0.15, 0.2) is 109 Å². The third kappa shape index (κ3) is 5.30. The average Bonchev–Trinajstić information content (AvgIpc) is 3.77. The van der Waals surface area contributed by atoms with Crippen LogP contribution in [0.25, 0.3) is 33.7 Å². The van der Waals surface area contributed by atoms with Gasteiger partial charge in [-0.1, -0.05) is 65.9 Å². The molecule has 230 valence electrons. The van der Waals surface area contributed by atoms with Crippen LogP contribution < -0.4 is 11.1 Å². The second-order valence-electron chi connectivity index (χ2n) is 10.9. The number of carbonyl (C=O) groups excluding carboxylic acids is 2. The lowest BCUT2D eigenvalue weighted by atomic mass is 10.1. The molecule has 0 unspecified atom stereocenters. The van der Waals surface area contributed by atoms with Gasteiger partial charge in [0.1, 0.15) is 29.8 Å². The Bertz CT molecular complexity index is 2030. The van der Waals surface area contributed by atoms with Crippen LogP contribution in [-0.2, 0) is 11.3 Å². The summed E-state index contributed by atoms with van der Waals surface area (Å²) in [5.74, 6) is -0.390. The van der Waals surface area contributed by atoms with Crippen LogP contribution in [0.1, 0.15) is 27.1 Å². The van der Waals surface area contributed by atoms with Crippen molar-refractivity contribution in [3.05, 3.63) is 120 Å². The van der Waals surface area contributed by atoms with Crippen molar-refractivity contribution in [2.75, 3.05) is 5.32 Å². The van der Waals surface area contributed by atoms with Crippen molar-refractivity contribution >= 4 is 28.5 Å². The molecule has 1 saturated heterocycles. The van der Waals surface area contributed by atoms with Crippen LogP contribution in [0.5, 0.6) is 0 Å². The molecule has 3 heterocycles. The fourth-order valence-corrected chi connectivity index (χ4v) is 5.74. The topological polar surface area (TPSA) is 170 Å². The van der Waals surface area contributed by atoms with Crippen molar-refractivity contribution in [2.45, 2.75) is 31.1 Å². The van der Waals surface area contributed by atoms with Crippen LogP contribution in [0.3, 0.4) is 0 Å². The molecule has 12 heteroatoms. The van der Waals surface area contributed by atoms with Gasteiger partial charge in [-0.2, -0.15) is 0 Å². The molecule has 0 radical (unpaired) electrons. The van der Waals surface area contributed by atoms with E-state index in [0.29, 0.717) is 22.6 Å². The smallest absolute Gasteiger partial charge is 0.271 e. The van der Waals surface area contributed by atoms with Crippen molar-refractivity contribution in [3.8, 4) is 22.6 Å². The van der Waals surface area contributed by atoms with Crippen molar-refractivity contribution in [1.29, 1.82) is 0 Å². The molecule has 46 heavy (non-hydrogen) atoms. The van der Waals surface area contributed by atoms with Crippen LogP contribution >= 0.6 is 0 Å². The number of aliphatic hydroxyl groups is 2. The lowest BCUT2D eigenvalue weighted by Crippen LogP contribution is -2.34. The SMILES string of the molecule is NC(=O)c1nnn([C@@H]2O[C@H](Cn3c(-c4ccc(NC(=O)c5ccccc5)cc4)nc4ccccc43)[C@@H](O)[C@H]2O)c1-c1ccccc1. The van der Waals surface area contributed by atoms with Gasteiger partial charge in [0.25, 0.3) is 11.8 Å². The van der Waals surface area contributed by atoms with E-state index >= 15 is 0 Å². The van der Waals surface area contributed by atoms with E-state index in [0.717, 1.165) is 16.6 Å². The number of ether oxygens (including phenoxy) is 1. The van der Waals surface area contributed by atoms with E-state index in [-0.39, 0.29) is 23.8 Å². The van der Waals surface area contributed by atoms with E-state index < -0.39 is 30.4 Å². The van der Waals surface area contributed by atoms with Gasteiger partial charge < -0.3 is 30.6 Å². The Labute approximate surface area is 262 Å². The highest BCUT2D eigenvalue weighted by Crippen LogP contribution is 2.36. The second-order valence-corrected chi connectivity index (χ2v) is 10.9. The molecule has 12 nitrogen and oxygen atoms in total. The minimum absolute atomic E-state index is 0.0776. The molecule has 1 aliphatic heterocycles. The summed E-state index contributed by atoms with van der Waals surface area (Å²) in [4.78, 5) is 29.7. The summed E-state index contributed by atoms with van der Waals surface area (Å²) in [5, 5.41) is 33.3. The molecule has 1 fully saturated rings. The lowest BCUT2D eigenvalue weighted by Gasteiger charge is -2.18. The second kappa shape index (κ2) is 12.0. The first-order valence-electron chi connectivity index (χ1n) is 14.6. The lowest BCUT2D eigenvalue weighted by molar-refractivity contribution is -0.0478. The summed E-state index contributed by atoms with van der Waals surface area (Å²) in [7, 11) is 0. The predicted octanol–water partition coefficient (Wildman–Crippen LogP) is 3.63. The van der Waals surface area contributed by atoms with E-state index in [9.17, 15) is 19.8 Å². The summed E-state index contributed by atoms with van der Waals surface area (Å²) in [6.45, 7) is 0.134. The van der Waals surface area contributed by atoms with E-state index in [4.69, 9.17) is 15.5 Å². The van der Waals surface area contributed by atoms with Crippen LogP contribution in [0.2, 0.25) is 0 Å². The first kappa shape index (κ1) is 29.0. The number of nitrogens with zero attached hydrogens (tertiary/aromatic N) is 5. The number of aromatic nitrogens is 5. The van der Waals surface area contributed by atoms with Gasteiger partial charge in [0.2, 0.25) is 0 Å². The van der Waals surface area contributed by atoms with Crippen molar-refractivity contribution in [3.63, 3.8) is 0 Å². The number of aliphatic hydroxyl groups excluding tert-OH is 2. The van der Waals surface area contributed by atoms with Gasteiger partial charge >= 0.3 is 0 Å². The molecule has 5 N–H and O–H groups in total. The molecule has 0 bridgehead atoms. The number of amides is 2. The van der Waals surface area contributed by atoms with Gasteiger partial charge in [0, 0.05) is 22.4 Å². The van der Waals surface area contributed by atoms with Gasteiger partial charge in [-0.3, -0.25) is 9.59 Å². The molecule has 0 aliphatic carbocycles. The highest BCUT2D eigenvalue weighted by Gasteiger charge is 2.46. The van der Waals surface area contributed by atoms with E-state index in [2.05, 4.69) is 15.6 Å². The first-order chi connectivity index (χ1) is 22.4. The molecule has 6 aromatic rings. The molecule has 0 spiro atoms. The maximum atomic E-state index is 12.6. The van der Waals surface area contributed by atoms with Crippen LogP contribution in [0, 0.1) is 0 Å². The number of carbonyl (C=O) groups is 2. The first-order valence-corrected chi connectivity index (χ1v) is 14.6. The quantitative estimate of drug-likeness (QED) is 0.201. The summed E-state index contributed by atoms with van der Waals surface area (Å²) < 4.78 is 9.47. The Balaban J connectivity index is 1.19. The Kier molecular flexibility index (Phi) is 7.58. The normalized spacial score (nSPS) is 19.3. The molecule has 4 atom stereocenters. The van der Waals surface area contributed by atoms with Gasteiger partial charge in [-0.15, -0.1) is 5.10 Å². The van der Waals surface area contributed by atoms with Crippen LogP contribution in [0.4, 0.5) is 5.69 Å². The Hall–Kier alpha value is -5.69. The van der Waals surface area contributed by atoms with Crippen molar-refractivity contribution < 1.29 is 24.5 Å². The minimum Gasteiger partial charge on any atom is -0.387 e. The number of imidazole rings is 1.